The quantitative estimate of drug-likeness (QED) is 0.643. The molecule has 2 aromatic carbocycles. The van der Waals surface area contributed by atoms with Gasteiger partial charge in [-0.3, -0.25) is 9.78 Å². The lowest BCUT2D eigenvalue weighted by molar-refractivity contribution is 0.0897. The number of halogens is 1. The average Bonchev–Trinajstić information content (AvgIpc) is 3.49. The molecule has 0 saturated heterocycles. The van der Waals surface area contributed by atoms with E-state index in [-0.39, 0.29) is 17.3 Å². The van der Waals surface area contributed by atoms with Crippen molar-refractivity contribution >= 4 is 22.5 Å². The van der Waals surface area contributed by atoms with Gasteiger partial charge in [-0.25, -0.2) is 4.39 Å². The van der Waals surface area contributed by atoms with Crippen molar-refractivity contribution in [2.24, 2.45) is 11.1 Å². The van der Waals surface area contributed by atoms with Crippen LogP contribution in [0.2, 0.25) is 0 Å². The predicted octanol–water partition coefficient (Wildman–Crippen LogP) is 4.13. The van der Waals surface area contributed by atoms with E-state index in [9.17, 15) is 9.18 Å². The van der Waals surface area contributed by atoms with Gasteiger partial charge in [-0.05, 0) is 37.5 Å². The minimum absolute atomic E-state index is 0.0949. The number of pyridine rings is 1. The van der Waals surface area contributed by atoms with Crippen molar-refractivity contribution in [2.45, 2.75) is 25.3 Å². The summed E-state index contributed by atoms with van der Waals surface area (Å²) in [5.41, 5.74) is 2.18. The summed E-state index contributed by atoms with van der Waals surface area (Å²) in [6.07, 6.45) is 2.85. The second-order valence-corrected chi connectivity index (χ2v) is 7.59. The monoisotopic (exact) mass is 391 g/mol. The molecule has 0 aliphatic heterocycles. The number of hydrogen-bond donors (Lipinski definition) is 1. The molecular formula is C23H22FN3O2. The second kappa shape index (κ2) is 7.62. The first-order valence-electron chi connectivity index (χ1n) is 9.51. The van der Waals surface area contributed by atoms with Crippen LogP contribution in [0, 0.1) is 11.7 Å². The summed E-state index contributed by atoms with van der Waals surface area (Å²) >= 11 is 0. The lowest BCUT2D eigenvalue weighted by Crippen LogP contribution is -2.50. The minimum atomic E-state index is -0.535. The van der Waals surface area contributed by atoms with E-state index in [1.807, 2.05) is 37.3 Å². The van der Waals surface area contributed by atoms with Gasteiger partial charge in [0.15, 0.2) is 0 Å². The first kappa shape index (κ1) is 19.1. The fourth-order valence-electron chi connectivity index (χ4n) is 3.82. The van der Waals surface area contributed by atoms with Crippen molar-refractivity contribution in [3.05, 3.63) is 77.7 Å². The van der Waals surface area contributed by atoms with Gasteiger partial charge < -0.3 is 10.2 Å². The van der Waals surface area contributed by atoms with E-state index in [0.717, 1.165) is 17.7 Å². The zero-order valence-electron chi connectivity index (χ0n) is 16.4. The maximum Gasteiger partial charge on any atom is 0.253 e. The molecule has 1 heterocycles. The molecule has 2 atom stereocenters. The normalized spacial score (nSPS) is 19.0. The molecule has 1 N–H and O–H groups in total. The van der Waals surface area contributed by atoms with Gasteiger partial charge in [0.1, 0.15) is 18.4 Å². The highest BCUT2D eigenvalue weighted by atomic mass is 19.1. The topological polar surface area (TPSA) is 63.6 Å². The minimum Gasteiger partial charge on any atom is -0.399 e. The van der Waals surface area contributed by atoms with E-state index < -0.39 is 11.4 Å². The van der Waals surface area contributed by atoms with Crippen LogP contribution in [-0.2, 0) is 11.3 Å². The van der Waals surface area contributed by atoms with Crippen LogP contribution in [0.15, 0.2) is 65.9 Å². The van der Waals surface area contributed by atoms with Crippen LogP contribution in [-0.4, -0.2) is 29.3 Å². The summed E-state index contributed by atoms with van der Waals surface area (Å²) in [6, 6.07) is 16.4. The highest BCUT2D eigenvalue weighted by Crippen LogP contribution is 2.39. The first-order valence-corrected chi connectivity index (χ1v) is 9.51. The van der Waals surface area contributed by atoms with Gasteiger partial charge in [0.2, 0.25) is 0 Å². The molecule has 0 spiro atoms. The summed E-state index contributed by atoms with van der Waals surface area (Å²) in [5, 5.41) is 7.84. The number of aromatic nitrogens is 1. The molecule has 29 heavy (non-hydrogen) atoms. The van der Waals surface area contributed by atoms with Crippen molar-refractivity contribution in [2.75, 3.05) is 7.11 Å². The Labute approximate surface area is 168 Å². The number of amides is 1. The number of rotatable bonds is 6. The summed E-state index contributed by atoms with van der Waals surface area (Å²) < 4.78 is 13.9. The molecule has 1 aliphatic rings. The molecule has 1 fully saturated rings. The molecule has 148 valence electrons. The van der Waals surface area contributed by atoms with Crippen LogP contribution < -0.4 is 5.32 Å². The third-order valence-electron chi connectivity index (χ3n) is 5.37. The Kier molecular flexibility index (Phi) is 5.01. The molecule has 1 saturated carbocycles. The SMILES string of the molecule is CO/N=C1\CC1C(C)(Cc1ccccc1)NC(=O)c1cnc2c(F)cccc2c1. The number of oxime groups is 1. The molecule has 1 amide bonds. The number of fused-ring (bicyclic) bond motifs is 1. The summed E-state index contributed by atoms with van der Waals surface area (Å²) in [7, 11) is 1.52. The molecule has 6 heteroatoms. The first-order chi connectivity index (χ1) is 14.0. The predicted molar refractivity (Wildman–Crippen MR) is 110 cm³/mol. The molecule has 1 aliphatic carbocycles. The third-order valence-corrected chi connectivity index (χ3v) is 5.37. The van der Waals surface area contributed by atoms with Crippen LogP contribution >= 0.6 is 0 Å². The third kappa shape index (κ3) is 3.97. The van der Waals surface area contributed by atoms with Gasteiger partial charge in [-0.15, -0.1) is 0 Å². The van der Waals surface area contributed by atoms with Crippen LogP contribution in [0.1, 0.15) is 29.3 Å². The smallest absolute Gasteiger partial charge is 0.253 e. The second-order valence-electron chi connectivity index (χ2n) is 7.59. The number of carbonyl (C=O) groups is 1. The largest absolute Gasteiger partial charge is 0.399 e. The maximum atomic E-state index is 13.9. The van der Waals surface area contributed by atoms with E-state index in [1.54, 1.807) is 18.2 Å². The van der Waals surface area contributed by atoms with Gasteiger partial charge in [-0.2, -0.15) is 0 Å². The summed E-state index contributed by atoms with van der Waals surface area (Å²) in [6.45, 7) is 2.02. The highest BCUT2D eigenvalue weighted by molar-refractivity contribution is 6.03. The van der Waals surface area contributed by atoms with Gasteiger partial charge >= 0.3 is 0 Å². The zero-order chi connectivity index (χ0) is 20.4. The fourth-order valence-corrected chi connectivity index (χ4v) is 3.82. The standard InChI is InChI=1S/C23H22FN3O2/c1-23(18-12-20(18)27-29-2,13-15-7-4-3-5-8-15)26-22(28)17-11-16-9-6-10-19(24)21(16)25-14-17/h3-11,14,18H,12-13H2,1-2H3,(H,26,28)/b27-20+. The van der Waals surface area contributed by atoms with Crippen molar-refractivity contribution in [3.8, 4) is 0 Å². The number of nitrogens with one attached hydrogen (secondary N) is 1. The van der Waals surface area contributed by atoms with Crippen LogP contribution in [0.3, 0.4) is 0 Å². The molecular weight excluding hydrogens is 369 g/mol. The molecule has 0 radical (unpaired) electrons. The number of nitrogens with zero attached hydrogens (tertiary/aromatic N) is 2. The van der Waals surface area contributed by atoms with E-state index in [0.29, 0.717) is 17.4 Å². The number of carbonyl (C=O) groups excluding carboxylic acids is 1. The van der Waals surface area contributed by atoms with E-state index in [1.165, 1.54) is 19.4 Å². The van der Waals surface area contributed by atoms with Gasteiger partial charge in [-0.1, -0.05) is 47.6 Å². The van der Waals surface area contributed by atoms with Crippen LogP contribution in [0.25, 0.3) is 10.9 Å². The molecule has 3 aromatic rings. The average molecular weight is 391 g/mol. The fraction of sp³-hybridized carbons (Fsp3) is 0.261. The Morgan fingerprint density at radius 2 is 2.07 bits per heavy atom. The molecule has 1 aromatic heterocycles. The Morgan fingerprint density at radius 3 is 2.83 bits per heavy atom. The van der Waals surface area contributed by atoms with E-state index >= 15 is 0 Å². The van der Waals surface area contributed by atoms with Crippen molar-refractivity contribution in [1.29, 1.82) is 0 Å². The van der Waals surface area contributed by atoms with E-state index in [4.69, 9.17) is 4.84 Å². The Hall–Kier alpha value is -3.28. The zero-order valence-corrected chi connectivity index (χ0v) is 16.4. The lowest BCUT2D eigenvalue weighted by atomic mass is 9.87. The Balaban J connectivity index is 1.62. The van der Waals surface area contributed by atoms with Crippen LogP contribution in [0.4, 0.5) is 4.39 Å². The number of benzene rings is 2. The summed E-state index contributed by atoms with van der Waals surface area (Å²) in [4.78, 5) is 22.1. The molecule has 2 unspecified atom stereocenters. The van der Waals surface area contributed by atoms with Gasteiger partial charge in [0, 0.05) is 17.5 Å². The molecule has 0 bridgehead atoms. The van der Waals surface area contributed by atoms with E-state index in [2.05, 4.69) is 15.5 Å². The molecule has 5 nitrogen and oxygen atoms in total. The Bertz CT molecular complexity index is 1080. The van der Waals surface area contributed by atoms with Crippen molar-refractivity contribution < 1.29 is 14.0 Å². The Morgan fingerprint density at radius 1 is 1.28 bits per heavy atom. The van der Waals surface area contributed by atoms with Crippen molar-refractivity contribution in [3.63, 3.8) is 0 Å². The summed E-state index contributed by atoms with van der Waals surface area (Å²) in [5.74, 6) is -0.551. The number of hydrogen-bond acceptors (Lipinski definition) is 4. The molecule has 4 rings (SSSR count). The number of para-hydroxylation sites is 1. The lowest BCUT2D eigenvalue weighted by Gasteiger charge is -2.31. The van der Waals surface area contributed by atoms with Crippen molar-refractivity contribution in [1.82, 2.24) is 10.3 Å². The van der Waals surface area contributed by atoms with Crippen LogP contribution in [0.5, 0.6) is 0 Å². The highest BCUT2D eigenvalue weighted by Gasteiger charge is 2.49. The van der Waals surface area contributed by atoms with Gasteiger partial charge in [0.25, 0.3) is 5.91 Å². The maximum absolute atomic E-state index is 13.9. The van der Waals surface area contributed by atoms with Gasteiger partial charge in [0.05, 0.1) is 16.8 Å².